The van der Waals surface area contributed by atoms with Crippen LogP contribution < -0.4 is 0 Å². The second-order valence-corrected chi connectivity index (χ2v) is 2.88. The van der Waals surface area contributed by atoms with Crippen LogP contribution in [0.4, 0.5) is 0 Å². The van der Waals surface area contributed by atoms with E-state index in [0.717, 1.165) is 5.56 Å². The van der Waals surface area contributed by atoms with E-state index >= 15 is 0 Å². The van der Waals surface area contributed by atoms with Crippen molar-refractivity contribution in [2.24, 2.45) is 0 Å². The minimum Gasteiger partial charge on any atom is -0.483 e. The fraction of sp³-hybridized carbons (Fsp3) is 0.286. The average molecular weight is 172 g/mol. The highest BCUT2D eigenvalue weighted by Gasteiger charge is 1.99. The van der Waals surface area contributed by atoms with Crippen LogP contribution in [0.15, 0.2) is 16.8 Å². The van der Waals surface area contributed by atoms with Crippen molar-refractivity contribution in [1.82, 2.24) is 0 Å². The molecule has 0 saturated carbocycles. The summed E-state index contributed by atoms with van der Waals surface area (Å²) in [5.74, 6) is 0. The van der Waals surface area contributed by atoms with Crippen LogP contribution >= 0.6 is 23.6 Å². The smallest absolute Gasteiger partial charge is 0.191 e. The highest BCUT2D eigenvalue weighted by atomic mass is 32.1. The third-order valence-electron chi connectivity index (χ3n) is 1.03. The Balaban J connectivity index is 2.59. The topological polar surface area (TPSA) is 9.23 Å². The first-order valence-electron chi connectivity index (χ1n) is 3.04. The summed E-state index contributed by atoms with van der Waals surface area (Å²) in [4.78, 5) is 0. The van der Waals surface area contributed by atoms with E-state index in [-0.39, 0.29) is 0 Å². The normalized spacial score (nSPS) is 9.30. The highest BCUT2D eigenvalue weighted by molar-refractivity contribution is 7.80. The molecule has 0 aliphatic rings. The maximum atomic E-state index is 5.12. The Bertz CT molecular complexity index is 203. The molecule has 10 heavy (non-hydrogen) atoms. The van der Waals surface area contributed by atoms with Crippen molar-refractivity contribution in [3.8, 4) is 0 Å². The molecule has 0 radical (unpaired) electrons. The number of thiophene rings is 1. The van der Waals surface area contributed by atoms with Gasteiger partial charge in [0.25, 0.3) is 0 Å². The average Bonchev–Trinajstić information content (AvgIpc) is 2.38. The van der Waals surface area contributed by atoms with Gasteiger partial charge in [-0.1, -0.05) is 0 Å². The molecule has 1 nitrogen and oxygen atoms in total. The summed E-state index contributed by atoms with van der Waals surface area (Å²) in [7, 11) is 0. The SMILES string of the molecule is CCOC(=S)c1ccsc1. The van der Waals surface area contributed by atoms with E-state index in [4.69, 9.17) is 17.0 Å². The van der Waals surface area contributed by atoms with Gasteiger partial charge < -0.3 is 4.74 Å². The van der Waals surface area contributed by atoms with Crippen molar-refractivity contribution in [2.75, 3.05) is 6.61 Å². The van der Waals surface area contributed by atoms with Gasteiger partial charge in [0, 0.05) is 10.9 Å². The molecule has 0 atom stereocenters. The Morgan fingerprint density at radius 3 is 3.10 bits per heavy atom. The quantitative estimate of drug-likeness (QED) is 0.634. The summed E-state index contributed by atoms with van der Waals surface area (Å²) < 4.78 is 5.12. The molecule has 0 amide bonds. The molecule has 0 aliphatic heterocycles. The summed E-state index contributed by atoms with van der Waals surface area (Å²) in [6.07, 6.45) is 0. The minimum atomic E-state index is 0.601. The molecule has 0 spiro atoms. The van der Waals surface area contributed by atoms with Crippen molar-refractivity contribution in [3.63, 3.8) is 0 Å². The van der Waals surface area contributed by atoms with Gasteiger partial charge in [-0.25, -0.2) is 0 Å². The zero-order valence-electron chi connectivity index (χ0n) is 5.66. The Hall–Kier alpha value is -0.410. The molecule has 0 saturated heterocycles. The van der Waals surface area contributed by atoms with E-state index in [2.05, 4.69) is 0 Å². The Morgan fingerprint density at radius 2 is 2.60 bits per heavy atom. The first-order chi connectivity index (χ1) is 4.84. The summed E-state index contributed by atoms with van der Waals surface area (Å²) in [6.45, 7) is 2.58. The predicted molar refractivity (Wildman–Crippen MR) is 47.6 cm³/mol. The van der Waals surface area contributed by atoms with Crippen LogP contribution in [0.1, 0.15) is 12.5 Å². The van der Waals surface area contributed by atoms with E-state index in [9.17, 15) is 0 Å². The van der Waals surface area contributed by atoms with Crippen molar-refractivity contribution < 1.29 is 4.74 Å². The number of hydrogen-bond acceptors (Lipinski definition) is 3. The molecule has 0 aromatic carbocycles. The minimum absolute atomic E-state index is 0.601. The molecule has 54 valence electrons. The molecule has 3 heteroatoms. The van der Waals surface area contributed by atoms with Gasteiger partial charge >= 0.3 is 0 Å². The van der Waals surface area contributed by atoms with Crippen LogP contribution in [0.3, 0.4) is 0 Å². The van der Waals surface area contributed by atoms with E-state index in [0.29, 0.717) is 11.7 Å². The summed E-state index contributed by atoms with van der Waals surface area (Å²) in [5.41, 5.74) is 1.02. The fourth-order valence-electron chi connectivity index (χ4n) is 0.595. The Kier molecular flexibility index (Phi) is 2.83. The van der Waals surface area contributed by atoms with Gasteiger partial charge in [0.15, 0.2) is 5.05 Å². The lowest BCUT2D eigenvalue weighted by Gasteiger charge is -1.99. The van der Waals surface area contributed by atoms with Gasteiger partial charge in [0.05, 0.1) is 6.61 Å². The van der Waals surface area contributed by atoms with Crippen LogP contribution in [-0.2, 0) is 4.74 Å². The van der Waals surface area contributed by atoms with E-state index in [1.165, 1.54) is 0 Å². The Morgan fingerprint density at radius 1 is 1.80 bits per heavy atom. The van der Waals surface area contributed by atoms with Gasteiger partial charge in [-0.2, -0.15) is 11.3 Å². The molecule has 0 bridgehead atoms. The van der Waals surface area contributed by atoms with Crippen LogP contribution in [0.25, 0.3) is 0 Å². The molecule has 0 unspecified atom stereocenters. The molecule has 0 fully saturated rings. The van der Waals surface area contributed by atoms with E-state index in [1.807, 2.05) is 23.8 Å². The lowest BCUT2D eigenvalue weighted by Crippen LogP contribution is -2.00. The summed E-state index contributed by atoms with van der Waals surface area (Å²) in [6, 6.07) is 1.96. The summed E-state index contributed by atoms with van der Waals surface area (Å²) >= 11 is 6.58. The van der Waals surface area contributed by atoms with Crippen LogP contribution in [-0.4, -0.2) is 11.7 Å². The van der Waals surface area contributed by atoms with Crippen molar-refractivity contribution in [3.05, 3.63) is 22.4 Å². The van der Waals surface area contributed by atoms with Gasteiger partial charge in [-0.15, -0.1) is 0 Å². The number of thiocarbonyl (C=S) groups is 1. The third kappa shape index (κ3) is 1.78. The fourth-order valence-corrected chi connectivity index (χ4v) is 1.55. The number of ether oxygens (including phenoxy) is 1. The van der Waals surface area contributed by atoms with Gasteiger partial charge in [-0.05, 0) is 30.6 Å². The van der Waals surface area contributed by atoms with E-state index < -0.39 is 0 Å². The summed E-state index contributed by atoms with van der Waals surface area (Å²) in [5, 5.41) is 4.57. The van der Waals surface area contributed by atoms with Gasteiger partial charge in [-0.3, -0.25) is 0 Å². The van der Waals surface area contributed by atoms with Crippen LogP contribution in [0.2, 0.25) is 0 Å². The molecule has 0 aliphatic carbocycles. The van der Waals surface area contributed by atoms with Crippen molar-refractivity contribution in [2.45, 2.75) is 6.92 Å². The van der Waals surface area contributed by atoms with Crippen molar-refractivity contribution >= 4 is 28.6 Å². The molecule has 1 heterocycles. The molecular formula is C7H8OS2. The molecule has 1 aromatic heterocycles. The van der Waals surface area contributed by atoms with E-state index in [1.54, 1.807) is 11.3 Å². The van der Waals surface area contributed by atoms with Gasteiger partial charge in [0.1, 0.15) is 0 Å². The first kappa shape index (κ1) is 7.69. The maximum Gasteiger partial charge on any atom is 0.191 e. The van der Waals surface area contributed by atoms with Crippen LogP contribution in [0, 0.1) is 0 Å². The second-order valence-electron chi connectivity index (χ2n) is 1.73. The molecule has 0 N–H and O–H groups in total. The van der Waals surface area contributed by atoms with Crippen molar-refractivity contribution in [1.29, 1.82) is 0 Å². The predicted octanol–water partition coefficient (Wildman–Crippen LogP) is 2.46. The van der Waals surface area contributed by atoms with Crippen LogP contribution in [0.5, 0.6) is 0 Å². The molecular weight excluding hydrogens is 164 g/mol. The Labute approximate surface area is 69.6 Å². The lowest BCUT2D eigenvalue weighted by molar-refractivity contribution is 0.338. The highest BCUT2D eigenvalue weighted by Crippen LogP contribution is 2.07. The lowest BCUT2D eigenvalue weighted by atomic mass is 10.4. The molecule has 1 rings (SSSR count). The third-order valence-corrected chi connectivity index (χ3v) is 2.07. The largest absolute Gasteiger partial charge is 0.483 e. The standard InChI is InChI=1S/C7H8OS2/c1-2-8-7(9)6-3-4-10-5-6/h3-5H,2H2,1H3. The number of rotatable bonds is 2. The monoisotopic (exact) mass is 172 g/mol. The van der Waals surface area contributed by atoms with Gasteiger partial charge in [0.2, 0.25) is 0 Å². The number of hydrogen-bond donors (Lipinski definition) is 0. The zero-order valence-corrected chi connectivity index (χ0v) is 7.30. The molecule has 1 aromatic rings. The first-order valence-corrected chi connectivity index (χ1v) is 4.39. The second kappa shape index (κ2) is 3.68. The zero-order chi connectivity index (χ0) is 7.40. The maximum absolute atomic E-state index is 5.12.